The van der Waals surface area contributed by atoms with Crippen LogP contribution in [0, 0.1) is 6.92 Å². The van der Waals surface area contributed by atoms with E-state index >= 15 is 0 Å². The van der Waals surface area contributed by atoms with Gasteiger partial charge < -0.3 is 0 Å². The molecular weight excluding hydrogens is 420 g/mol. The predicted octanol–water partition coefficient (Wildman–Crippen LogP) is 4.36. The molecule has 0 fully saturated rings. The number of halogens is 1. The molecule has 8 heteroatoms. The van der Waals surface area contributed by atoms with E-state index in [0.717, 1.165) is 31.4 Å². The highest BCUT2D eigenvalue weighted by atomic mass is 35.5. The monoisotopic (exact) mass is 440 g/mol. The Morgan fingerprint density at radius 3 is 2.73 bits per heavy atom. The summed E-state index contributed by atoms with van der Waals surface area (Å²) in [6.45, 7) is 5.78. The van der Waals surface area contributed by atoms with Gasteiger partial charge in [0.2, 0.25) is 5.43 Å². The van der Waals surface area contributed by atoms with Crippen molar-refractivity contribution in [1.82, 2.24) is 14.8 Å². The van der Waals surface area contributed by atoms with Gasteiger partial charge in [0.15, 0.2) is 10.8 Å². The van der Waals surface area contributed by atoms with Crippen LogP contribution in [0.25, 0.3) is 5.69 Å². The Kier molecular flexibility index (Phi) is 5.83. The van der Waals surface area contributed by atoms with Gasteiger partial charge in [0, 0.05) is 28.2 Å². The highest BCUT2D eigenvalue weighted by Crippen LogP contribution is 2.32. The summed E-state index contributed by atoms with van der Waals surface area (Å²) < 4.78 is 1.57. The van der Waals surface area contributed by atoms with Crippen LogP contribution < -0.4 is 10.3 Å². The number of thiazole rings is 1. The maximum Gasteiger partial charge on any atom is 0.284 e. The van der Waals surface area contributed by atoms with Gasteiger partial charge >= 0.3 is 0 Å². The fourth-order valence-electron chi connectivity index (χ4n) is 3.50. The molecule has 1 aliphatic rings. The zero-order chi connectivity index (χ0) is 21.3. The average Bonchev–Trinajstić information content (AvgIpc) is 3.16. The number of hydrogen-bond acceptors (Lipinski definition) is 5. The molecule has 0 saturated carbocycles. The molecule has 0 spiro atoms. The van der Waals surface area contributed by atoms with E-state index < -0.39 is 11.3 Å². The number of rotatable bonds is 5. The van der Waals surface area contributed by atoms with Crippen molar-refractivity contribution >= 4 is 34.0 Å². The van der Waals surface area contributed by atoms with Crippen molar-refractivity contribution in [3.05, 3.63) is 80.2 Å². The van der Waals surface area contributed by atoms with Crippen LogP contribution in [0.2, 0.25) is 5.02 Å². The van der Waals surface area contributed by atoms with E-state index in [-0.39, 0.29) is 12.2 Å². The summed E-state index contributed by atoms with van der Waals surface area (Å²) >= 11 is 7.49. The van der Waals surface area contributed by atoms with Gasteiger partial charge in [0.1, 0.15) is 0 Å². The van der Waals surface area contributed by atoms with Gasteiger partial charge in [-0.2, -0.15) is 5.10 Å². The molecule has 3 aromatic rings. The van der Waals surface area contributed by atoms with E-state index in [1.807, 2.05) is 0 Å². The van der Waals surface area contributed by atoms with Crippen LogP contribution in [0.1, 0.15) is 39.6 Å². The second kappa shape index (κ2) is 8.53. The summed E-state index contributed by atoms with van der Waals surface area (Å²) in [6, 6.07) is 8.48. The van der Waals surface area contributed by atoms with Crippen LogP contribution >= 0.6 is 22.9 Å². The Morgan fingerprint density at radius 2 is 2.03 bits per heavy atom. The number of anilines is 1. The lowest BCUT2D eigenvalue weighted by Gasteiger charge is -2.18. The average molecular weight is 441 g/mol. The molecular formula is C22H21ClN4O2S. The lowest BCUT2D eigenvalue weighted by molar-refractivity contribution is 0.0982. The van der Waals surface area contributed by atoms with E-state index in [1.165, 1.54) is 27.2 Å². The summed E-state index contributed by atoms with van der Waals surface area (Å²) in [5, 5.41) is 5.58. The Labute approximate surface area is 183 Å². The van der Waals surface area contributed by atoms with Crippen LogP contribution in [0.4, 0.5) is 5.13 Å². The maximum atomic E-state index is 13.4. The molecule has 2 aromatic heterocycles. The van der Waals surface area contributed by atoms with Crippen molar-refractivity contribution in [3.63, 3.8) is 0 Å². The number of benzene rings is 1. The van der Waals surface area contributed by atoms with Crippen molar-refractivity contribution in [1.29, 1.82) is 0 Å². The molecule has 30 heavy (non-hydrogen) atoms. The third-order valence-corrected chi connectivity index (χ3v) is 6.44. The second-order valence-electron chi connectivity index (χ2n) is 7.16. The highest BCUT2D eigenvalue weighted by Gasteiger charge is 2.26. The number of fused-ring (bicyclic) bond motifs is 1. The number of carbonyl (C=O) groups is 1. The van der Waals surface area contributed by atoms with Gasteiger partial charge in [-0.05, 0) is 56.9 Å². The minimum absolute atomic E-state index is 0.148. The van der Waals surface area contributed by atoms with Crippen LogP contribution in [0.5, 0.6) is 0 Å². The zero-order valence-corrected chi connectivity index (χ0v) is 18.2. The first-order valence-electron chi connectivity index (χ1n) is 9.76. The molecule has 0 aliphatic heterocycles. The first kappa shape index (κ1) is 20.5. The van der Waals surface area contributed by atoms with Crippen LogP contribution in [-0.2, 0) is 12.8 Å². The number of amides is 1. The molecule has 1 amide bonds. The van der Waals surface area contributed by atoms with Gasteiger partial charge in [-0.3, -0.25) is 14.5 Å². The molecule has 0 radical (unpaired) electrons. The molecule has 1 aliphatic carbocycles. The summed E-state index contributed by atoms with van der Waals surface area (Å²) in [5.74, 6) is -0.478. The smallest absolute Gasteiger partial charge is 0.284 e. The molecule has 2 heterocycles. The Morgan fingerprint density at radius 1 is 1.30 bits per heavy atom. The highest BCUT2D eigenvalue weighted by molar-refractivity contribution is 7.16. The molecule has 0 N–H and O–H groups in total. The van der Waals surface area contributed by atoms with Crippen molar-refractivity contribution in [3.8, 4) is 5.69 Å². The van der Waals surface area contributed by atoms with Crippen LogP contribution in [-0.4, -0.2) is 27.2 Å². The molecule has 0 bridgehead atoms. The maximum absolute atomic E-state index is 13.4. The SMILES string of the molecule is C=CCN(C(=O)c1nn(-c2ccc(Cl)cc2)c(C)cc1=O)c1nc2c(s1)CCCC2. The molecule has 1 aromatic carbocycles. The number of aromatic nitrogens is 3. The van der Waals surface area contributed by atoms with E-state index in [0.29, 0.717) is 21.5 Å². The van der Waals surface area contributed by atoms with Crippen molar-refractivity contribution in [2.24, 2.45) is 0 Å². The Bertz CT molecular complexity index is 1140. The second-order valence-corrected chi connectivity index (χ2v) is 8.66. The first-order valence-corrected chi connectivity index (χ1v) is 11.0. The predicted molar refractivity (Wildman–Crippen MR) is 120 cm³/mol. The molecule has 4 rings (SSSR count). The lowest BCUT2D eigenvalue weighted by Crippen LogP contribution is -2.36. The Balaban J connectivity index is 1.75. The molecule has 0 atom stereocenters. The standard InChI is InChI=1S/C22H21ClN4O2S/c1-3-12-26(22-24-17-6-4-5-7-19(17)30-22)21(29)20-18(28)13-14(2)27(25-20)16-10-8-15(23)9-11-16/h3,8-11,13H,1,4-7,12H2,2H3. The van der Waals surface area contributed by atoms with Crippen molar-refractivity contribution < 1.29 is 4.79 Å². The molecule has 0 saturated heterocycles. The fourth-order valence-corrected chi connectivity index (χ4v) is 4.78. The lowest BCUT2D eigenvalue weighted by atomic mass is 10.0. The molecule has 0 unspecified atom stereocenters. The summed E-state index contributed by atoms with van der Waals surface area (Å²) in [4.78, 5) is 33.4. The fraction of sp³-hybridized carbons (Fsp3) is 0.273. The van der Waals surface area contributed by atoms with Gasteiger partial charge in [-0.1, -0.05) is 17.7 Å². The number of hydrogen-bond donors (Lipinski definition) is 0. The summed E-state index contributed by atoms with van der Waals surface area (Å²) in [5.41, 5.74) is 1.83. The third kappa shape index (κ3) is 3.95. The zero-order valence-electron chi connectivity index (χ0n) is 16.6. The Hall–Kier alpha value is -2.77. The largest absolute Gasteiger partial charge is 0.287 e. The van der Waals surface area contributed by atoms with E-state index in [9.17, 15) is 9.59 Å². The number of nitrogens with zero attached hydrogens (tertiary/aromatic N) is 4. The van der Waals surface area contributed by atoms with E-state index in [4.69, 9.17) is 11.6 Å². The third-order valence-electron chi connectivity index (χ3n) is 5.00. The van der Waals surface area contributed by atoms with Gasteiger partial charge in [0.25, 0.3) is 5.91 Å². The quantitative estimate of drug-likeness (QED) is 0.553. The minimum Gasteiger partial charge on any atom is -0.287 e. The van der Waals surface area contributed by atoms with Gasteiger partial charge in [-0.25, -0.2) is 9.67 Å². The van der Waals surface area contributed by atoms with Crippen molar-refractivity contribution in [2.75, 3.05) is 11.4 Å². The number of aryl methyl sites for hydroxylation is 3. The van der Waals surface area contributed by atoms with Gasteiger partial charge in [0.05, 0.1) is 11.4 Å². The van der Waals surface area contributed by atoms with Crippen LogP contribution in [0.3, 0.4) is 0 Å². The number of carbonyl (C=O) groups excluding carboxylic acids is 1. The summed E-state index contributed by atoms with van der Waals surface area (Å²) in [6.07, 6.45) is 5.78. The minimum atomic E-state index is -0.478. The first-order chi connectivity index (χ1) is 14.5. The normalized spacial score (nSPS) is 13.0. The van der Waals surface area contributed by atoms with E-state index in [1.54, 1.807) is 41.9 Å². The summed E-state index contributed by atoms with van der Waals surface area (Å²) in [7, 11) is 0. The van der Waals surface area contributed by atoms with E-state index in [2.05, 4.69) is 16.7 Å². The van der Waals surface area contributed by atoms with Gasteiger partial charge in [-0.15, -0.1) is 17.9 Å². The molecule has 6 nitrogen and oxygen atoms in total. The van der Waals surface area contributed by atoms with Crippen LogP contribution in [0.15, 0.2) is 47.8 Å². The van der Waals surface area contributed by atoms with Crippen molar-refractivity contribution in [2.45, 2.75) is 32.6 Å². The molecule has 154 valence electrons. The topological polar surface area (TPSA) is 68.1 Å².